The van der Waals surface area contributed by atoms with Gasteiger partial charge in [0.05, 0.1) is 6.10 Å². The second-order valence-corrected chi connectivity index (χ2v) is 6.80. The van der Waals surface area contributed by atoms with E-state index in [4.69, 9.17) is 0 Å². The molecule has 0 spiro atoms. The summed E-state index contributed by atoms with van der Waals surface area (Å²) in [4.78, 5) is 2.80. The van der Waals surface area contributed by atoms with Gasteiger partial charge < -0.3 is 10.4 Å². The van der Waals surface area contributed by atoms with Crippen LogP contribution in [0, 0.1) is 19.3 Å². The molecule has 0 aliphatic heterocycles. The van der Waals surface area contributed by atoms with E-state index in [1.165, 1.54) is 15.3 Å². The lowest BCUT2D eigenvalue weighted by molar-refractivity contribution is -0.0729. The average molecular weight is 239 g/mol. The fraction of sp³-hybridized carbons (Fsp3) is 0.692. The van der Waals surface area contributed by atoms with E-state index in [-0.39, 0.29) is 11.5 Å². The number of aryl methyl sites for hydroxylation is 2. The van der Waals surface area contributed by atoms with Crippen LogP contribution in [0.1, 0.15) is 35.6 Å². The predicted octanol–water partition coefficient (Wildman–Crippen LogP) is 2.61. The first-order chi connectivity index (χ1) is 7.41. The zero-order valence-electron chi connectivity index (χ0n) is 10.5. The molecule has 2 rings (SSSR count). The molecule has 0 bridgehead atoms. The molecule has 1 fully saturated rings. The summed E-state index contributed by atoms with van der Waals surface area (Å²) in [7, 11) is 0. The minimum Gasteiger partial charge on any atom is -0.392 e. The number of hydrogen-bond acceptors (Lipinski definition) is 3. The molecule has 2 nitrogen and oxygen atoms in total. The monoisotopic (exact) mass is 239 g/mol. The lowest BCUT2D eigenvalue weighted by Crippen LogP contribution is -2.59. The van der Waals surface area contributed by atoms with Gasteiger partial charge in [0.1, 0.15) is 0 Å². The van der Waals surface area contributed by atoms with E-state index < -0.39 is 0 Å². The summed E-state index contributed by atoms with van der Waals surface area (Å²) in [5.74, 6) is 0. The van der Waals surface area contributed by atoms with Gasteiger partial charge in [-0.3, -0.25) is 0 Å². The third kappa shape index (κ3) is 2.04. The van der Waals surface area contributed by atoms with Crippen molar-refractivity contribution < 1.29 is 5.11 Å². The van der Waals surface area contributed by atoms with Crippen LogP contribution in [0.2, 0.25) is 0 Å². The van der Waals surface area contributed by atoms with Gasteiger partial charge >= 0.3 is 0 Å². The highest BCUT2D eigenvalue weighted by molar-refractivity contribution is 7.12. The summed E-state index contributed by atoms with van der Waals surface area (Å²) < 4.78 is 0. The predicted molar refractivity (Wildman–Crippen MR) is 68.8 cm³/mol. The quantitative estimate of drug-likeness (QED) is 0.850. The van der Waals surface area contributed by atoms with E-state index in [2.05, 4.69) is 39.1 Å². The first-order valence-corrected chi connectivity index (χ1v) is 6.70. The smallest absolute Gasteiger partial charge is 0.0621 e. The van der Waals surface area contributed by atoms with Crippen molar-refractivity contribution >= 4 is 11.3 Å². The van der Waals surface area contributed by atoms with Gasteiger partial charge in [0.15, 0.2) is 0 Å². The first-order valence-electron chi connectivity index (χ1n) is 5.88. The maximum atomic E-state index is 9.65. The molecule has 1 aliphatic carbocycles. The normalized spacial score (nSPS) is 27.8. The van der Waals surface area contributed by atoms with Gasteiger partial charge in [0, 0.05) is 27.8 Å². The Morgan fingerprint density at radius 3 is 2.62 bits per heavy atom. The van der Waals surface area contributed by atoms with E-state index in [1.807, 2.05) is 11.3 Å². The second-order valence-electron chi connectivity index (χ2n) is 5.46. The maximum Gasteiger partial charge on any atom is 0.0621 e. The Balaban J connectivity index is 1.89. The molecule has 2 unspecified atom stereocenters. The second kappa shape index (κ2) is 4.13. The van der Waals surface area contributed by atoms with Crippen molar-refractivity contribution in [1.29, 1.82) is 0 Å². The lowest BCUT2D eigenvalue weighted by Gasteiger charge is -2.49. The number of thiophene rings is 1. The van der Waals surface area contributed by atoms with Crippen LogP contribution in [0.25, 0.3) is 0 Å². The van der Waals surface area contributed by atoms with E-state index in [0.717, 1.165) is 13.0 Å². The van der Waals surface area contributed by atoms with Crippen LogP contribution in [0.3, 0.4) is 0 Å². The fourth-order valence-electron chi connectivity index (χ4n) is 2.21. The molecule has 90 valence electrons. The van der Waals surface area contributed by atoms with Crippen molar-refractivity contribution in [2.24, 2.45) is 5.41 Å². The summed E-state index contributed by atoms with van der Waals surface area (Å²) in [6, 6.07) is 2.71. The summed E-state index contributed by atoms with van der Waals surface area (Å²) in [5, 5.41) is 13.2. The largest absolute Gasteiger partial charge is 0.392 e. The molecule has 1 saturated carbocycles. The molecular formula is C13H21NOS. The van der Waals surface area contributed by atoms with Gasteiger partial charge in [-0.1, -0.05) is 13.8 Å². The molecular weight excluding hydrogens is 218 g/mol. The number of aliphatic hydroxyl groups is 1. The number of aliphatic hydroxyl groups excluding tert-OH is 1. The standard InChI is InChI=1S/C13H21NOS/c1-8-5-10(16-9(8)2)7-14-11-6-12(15)13(11,3)4/h5,11-12,14-15H,6-7H2,1-4H3. The van der Waals surface area contributed by atoms with E-state index in [1.54, 1.807) is 0 Å². The highest BCUT2D eigenvalue weighted by atomic mass is 32.1. The van der Waals surface area contributed by atoms with Crippen LogP contribution in [-0.2, 0) is 6.54 Å². The third-order valence-electron chi connectivity index (χ3n) is 3.96. The van der Waals surface area contributed by atoms with Crippen LogP contribution < -0.4 is 5.32 Å². The Morgan fingerprint density at radius 1 is 1.50 bits per heavy atom. The molecule has 0 amide bonds. The van der Waals surface area contributed by atoms with Crippen molar-refractivity contribution in [3.8, 4) is 0 Å². The van der Waals surface area contributed by atoms with Gasteiger partial charge in [-0.15, -0.1) is 11.3 Å². The number of rotatable bonds is 3. The van der Waals surface area contributed by atoms with Gasteiger partial charge in [-0.25, -0.2) is 0 Å². The molecule has 1 aromatic heterocycles. The Bertz CT molecular complexity index is 364. The Hall–Kier alpha value is -0.380. The van der Waals surface area contributed by atoms with Crippen molar-refractivity contribution in [3.05, 3.63) is 21.4 Å². The molecule has 0 aromatic carbocycles. The van der Waals surface area contributed by atoms with Gasteiger partial charge in [-0.05, 0) is 31.9 Å². The summed E-state index contributed by atoms with van der Waals surface area (Å²) in [6.07, 6.45) is 0.743. The zero-order valence-corrected chi connectivity index (χ0v) is 11.3. The number of hydrogen-bond donors (Lipinski definition) is 2. The Kier molecular flexibility index (Phi) is 3.12. The molecule has 1 aliphatic rings. The Labute approximate surface area is 102 Å². The minimum atomic E-state index is -0.142. The Morgan fingerprint density at radius 2 is 2.19 bits per heavy atom. The number of nitrogens with one attached hydrogen (secondary N) is 1. The summed E-state index contributed by atoms with van der Waals surface area (Å²) in [5.41, 5.74) is 1.41. The van der Waals surface area contributed by atoms with Crippen molar-refractivity contribution in [2.45, 2.75) is 52.8 Å². The highest BCUT2D eigenvalue weighted by Crippen LogP contribution is 2.40. The van der Waals surface area contributed by atoms with Crippen molar-refractivity contribution in [1.82, 2.24) is 5.32 Å². The van der Waals surface area contributed by atoms with Gasteiger partial charge in [-0.2, -0.15) is 0 Å². The first kappa shape index (κ1) is 12.1. The SMILES string of the molecule is Cc1cc(CNC2CC(O)C2(C)C)sc1C. The van der Waals surface area contributed by atoms with Crippen LogP contribution >= 0.6 is 11.3 Å². The van der Waals surface area contributed by atoms with E-state index >= 15 is 0 Å². The molecule has 16 heavy (non-hydrogen) atoms. The molecule has 2 N–H and O–H groups in total. The summed E-state index contributed by atoms with van der Waals surface area (Å²) >= 11 is 1.87. The lowest BCUT2D eigenvalue weighted by atomic mass is 9.64. The minimum absolute atomic E-state index is 0.0291. The molecule has 1 aromatic rings. The fourth-order valence-corrected chi connectivity index (χ4v) is 3.21. The van der Waals surface area contributed by atoms with Gasteiger partial charge in [0.2, 0.25) is 0 Å². The molecule has 0 saturated heterocycles. The topological polar surface area (TPSA) is 32.3 Å². The van der Waals surface area contributed by atoms with Crippen LogP contribution in [-0.4, -0.2) is 17.3 Å². The van der Waals surface area contributed by atoms with Crippen LogP contribution in [0.4, 0.5) is 0 Å². The highest BCUT2D eigenvalue weighted by Gasteiger charge is 2.46. The molecule has 0 radical (unpaired) electrons. The van der Waals surface area contributed by atoms with Crippen molar-refractivity contribution in [2.75, 3.05) is 0 Å². The van der Waals surface area contributed by atoms with Crippen molar-refractivity contribution in [3.63, 3.8) is 0 Å². The third-order valence-corrected chi connectivity index (χ3v) is 5.11. The molecule has 3 heteroatoms. The zero-order chi connectivity index (χ0) is 11.9. The summed E-state index contributed by atoms with van der Waals surface area (Å²) in [6.45, 7) is 9.51. The molecule has 1 heterocycles. The van der Waals surface area contributed by atoms with Crippen LogP contribution in [0.5, 0.6) is 0 Å². The van der Waals surface area contributed by atoms with E-state index in [0.29, 0.717) is 6.04 Å². The maximum absolute atomic E-state index is 9.65. The van der Waals surface area contributed by atoms with E-state index in [9.17, 15) is 5.11 Å². The van der Waals surface area contributed by atoms with Gasteiger partial charge in [0.25, 0.3) is 0 Å². The molecule has 2 atom stereocenters. The average Bonchev–Trinajstić information content (AvgIpc) is 2.53. The van der Waals surface area contributed by atoms with Crippen LogP contribution in [0.15, 0.2) is 6.07 Å².